The SMILES string of the molecule is CC(=O)Cc1cc(O)cc2oc3cc(O)cc(CC(=O)C[C@@H](C)O)c3c(=O)c12. The van der Waals surface area contributed by atoms with E-state index in [1.165, 1.54) is 38.1 Å². The third kappa shape index (κ3) is 3.89. The van der Waals surface area contributed by atoms with Gasteiger partial charge >= 0.3 is 0 Å². The lowest BCUT2D eigenvalue weighted by molar-refractivity contribution is -0.120. The Bertz CT molecular complexity index is 1160. The van der Waals surface area contributed by atoms with Crippen molar-refractivity contribution in [2.24, 2.45) is 0 Å². The lowest BCUT2D eigenvalue weighted by atomic mass is 9.97. The summed E-state index contributed by atoms with van der Waals surface area (Å²) in [5.74, 6) is -0.821. The van der Waals surface area contributed by atoms with Crippen molar-refractivity contribution in [2.75, 3.05) is 0 Å². The third-order valence-corrected chi connectivity index (χ3v) is 4.36. The molecule has 3 rings (SSSR count). The van der Waals surface area contributed by atoms with Gasteiger partial charge in [0.1, 0.15) is 34.2 Å². The molecule has 0 bridgehead atoms. The number of phenols is 2. The zero-order valence-corrected chi connectivity index (χ0v) is 15.5. The van der Waals surface area contributed by atoms with Crippen molar-refractivity contribution in [1.82, 2.24) is 0 Å². The smallest absolute Gasteiger partial charge is 0.201 e. The summed E-state index contributed by atoms with van der Waals surface area (Å²) in [6.07, 6.45) is -1.13. The number of hydrogen-bond acceptors (Lipinski definition) is 7. The molecule has 1 aromatic heterocycles. The Morgan fingerprint density at radius 2 is 1.46 bits per heavy atom. The summed E-state index contributed by atoms with van der Waals surface area (Å²) in [6.45, 7) is 2.86. The van der Waals surface area contributed by atoms with Crippen LogP contribution >= 0.6 is 0 Å². The standard InChI is InChI=1S/C21H20O7/c1-10(22)3-12-5-15(25)8-17-19(12)21(27)20-13(6-14(24)4-11(2)23)7-16(26)9-18(20)28-17/h5,7-9,11,23,25-26H,3-4,6H2,1-2H3/t11-/m1/s1. The molecule has 7 heteroatoms. The number of Topliss-reactive ketones (excluding diaryl/α,β-unsaturated/α-hetero) is 2. The van der Waals surface area contributed by atoms with E-state index in [1.807, 2.05) is 0 Å². The van der Waals surface area contributed by atoms with Crippen molar-refractivity contribution in [3.63, 3.8) is 0 Å². The number of rotatable bonds is 6. The number of ketones is 2. The van der Waals surface area contributed by atoms with Crippen LogP contribution < -0.4 is 5.43 Å². The van der Waals surface area contributed by atoms with Gasteiger partial charge in [0, 0.05) is 31.4 Å². The van der Waals surface area contributed by atoms with Gasteiger partial charge in [0.05, 0.1) is 16.9 Å². The molecule has 146 valence electrons. The van der Waals surface area contributed by atoms with E-state index in [-0.39, 0.29) is 69.8 Å². The van der Waals surface area contributed by atoms with Crippen molar-refractivity contribution in [3.8, 4) is 11.5 Å². The number of aliphatic hydroxyl groups excluding tert-OH is 1. The molecule has 7 nitrogen and oxygen atoms in total. The summed E-state index contributed by atoms with van der Waals surface area (Å²) in [5.41, 5.74) is 0.301. The van der Waals surface area contributed by atoms with Crippen LogP contribution in [0.15, 0.2) is 33.5 Å². The van der Waals surface area contributed by atoms with Gasteiger partial charge in [-0.2, -0.15) is 0 Å². The average molecular weight is 384 g/mol. The Hall–Kier alpha value is -3.19. The molecule has 0 fully saturated rings. The molecule has 28 heavy (non-hydrogen) atoms. The molecule has 1 heterocycles. The van der Waals surface area contributed by atoms with Crippen LogP contribution in [-0.2, 0) is 22.4 Å². The Morgan fingerprint density at radius 3 is 1.93 bits per heavy atom. The molecule has 3 aromatic rings. The van der Waals surface area contributed by atoms with Crippen LogP contribution in [0.25, 0.3) is 21.9 Å². The summed E-state index contributed by atoms with van der Waals surface area (Å²) in [5, 5.41) is 29.6. The molecule has 0 aliphatic rings. The molecule has 2 aromatic carbocycles. The van der Waals surface area contributed by atoms with E-state index in [4.69, 9.17) is 4.42 Å². The lowest BCUT2D eigenvalue weighted by Crippen LogP contribution is -2.14. The highest BCUT2D eigenvalue weighted by Gasteiger charge is 2.19. The predicted molar refractivity (Wildman–Crippen MR) is 103 cm³/mol. The van der Waals surface area contributed by atoms with Crippen LogP contribution in [0.2, 0.25) is 0 Å². The Morgan fingerprint density at radius 1 is 0.964 bits per heavy atom. The van der Waals surface area contributed by atoms with Gasteiger partial charge in [-0.25, -0.2) is 0 Å². The number of aliphatic hydroxyl groups is 1. The molecular formula is C21H20O7. The lowest BCUT2D eigenvalue weighted by Gasteiger charge is -2.11. The van der Waals surface area contributed by atoms with Gasteiger partial charge in [0.15, 0.2) is 0 Å². The van der Waals surface area contributed by atoms with Gasteiger partial charge in [-0.15, -0.1) is 0 Å². The van der Waals surface area contributed by atoms with Crippen LogP contribution in [0.4, 0.5) is 0 Å². The highest BCUT2D eigenvalue weighted by Crippen LogP contribution is 2.30. The fourth-order valence-electron chi connectivity index (χ4n) is 3.40. The second kappa shape index (κ2) is 7.44. The topological polar surface area (TPSA) is 125 Å². The summed E-state index contributed by atoms with van der Waals surface area (Å²) in [4.78, 5) is 37.0. The van der Waals surface area contributed by atoms with E-state index in [9.17, 15) is 29.7 Å². The van der Waals surface area contributed by atoms with Gasteiger partial charge in [-0.3, -0.25) is 14.4 Å². The van der Waals surface area contributed by atoms with Gasteiger partial charge in [0.2, 0.25) is 5.43 Å². The number of carbonyl (C=O) groups excluding carboxylic acids is 2. The van der Waals surface area contributed by atoms with E-state index in [0.717, 1.165) is 0 Å². The van der Waals surface area contributed by atoms with Crippen molar-refractivity contribution in [1.29, 1.82) is 0 Å². The molecular weight excluding hydrogens is 364 g/mol. The largest absolute Gasteiger partial charge is 0.508 e. The van der Waals surface area contributed by atoms with Crippen molar-refractivity contribution >= 4 is 33.5 Å². The van der Waals surface area contributed by atoms with E-state index in [2.05, 4.69) is 0 Å². The zero-order valence-electron chi connectivity index (χ0n) is 15.5. The molecule has 0 aliphatic carbocycles. The van der Waals surface area contributed by atoms with Crippen LogP contribution in [0.3, 0.4) is 0 Å². The maximum Gasteiger partial charge on any atom is 0.201 e. The van der Waals surface area contributed by atoms with Gasteiger partial charge in [-0.05, 0) is 37.1 Å². The zero-order chi connectivity index (χ0) is 20.6. The summed E-state index contributed by atoms with van der Waals surface area (Å²) in [7, 11) is 0. The first-order chi connectivity index (χ1) is 13.2. The first-order valence-electron chi connectivity index (χ1n) is 8.79. The minimum Gasteiger partial charge on any atom is -0.508 e. The molecule has 0 spiro atoms. The van der Waals surface area contributed by atoms with Gasteiger partial charge < -0.3 is 19.7 Å². The summed E-state index contributed by atoms with van der Waals surface area (Å²) >= 11 is 0. The van der Waals surface area contributed by atoms with E-state index in [1.54, 1.807) is 0 Å². The van der Waals surface area contributed by atoms with E-state index >= 15 is 0 Å². The molecule has 0 unspecified atom stereocenters. The number of phenolic OH excluding ortho intramolecular Hbond substituents is 2. The minimum absolute atomic E-state index is 0.0600. The van der Waals surface area contributed by atoms with Crippen LogP contribution in [0.1, 0.15) is 31.4 Å². The van der Waals surface area contributed by atoms with Gasteiger partial charge in [0.25, 0.3) is 0 Å². The minimum atomic E-state index is -0.821. The highest BCUT2D eigenvalue weighted by atomic mass is 16.3. The first-order valence-corrected chi connectivity index (χ1v) is 8.79. The molecule has 0 saturated carbocycles. The second-order valence-corrected chi connectivity index (χ2v) is 7.03. The Labute approximate surface area is 159 Å². The number of fused-ring (bicyclic) bond motifs is 2. The Balaban J connectivity index is 2.31. The number of carbonyl (C=O) groups is 2. The number of aromatic hydroxyl groups is 2. The number of hydrogen-bond donors (Lipinski definition) is 3. The predicted octanol–water partition coefficient (Wildman–Crippen LogP) is 2.37. The molecule has 3 N–H and O–H groups in total. The summed E-state index contributed by atoms with van der Waals surface area (Å²) < 4.78 is 5.72. The molecule has 1 atom stereocenters. The molecule has 0 aliphatic heterocycles. The fourth-order valence-corrected chi connectivity index (χ4v) is 3.40. The van der Waals surface area contributed by atoms with Crippen LogP contribution in [0.5, 0.6) is 11.5 Å². The van der Waals surface area contributed by atoms with Crippen molar-refractivity contribution in [2.45, 2.75) is 39.2 Å². The Kier molecular flexibility index (Phi) is 5.20. The summed E-state index contributed by atoms with van der Waals surface area (Å²) in [6, 6.07) is 5.18. The molecule has 0 amide bonds. The van der Waals surface area contributed by atoms with Gasteiger partial charge in [-0.1, -0.05) is 0 Å². The van der Waals surface area contributed by atoms with Crippen LogP contribution in [0, 0.1) is 0 Å². The maximum atomic E-state index is 13.2. The fraction of sp³-hybridized carbons (Fsp3) is 0.286. The van der Waals surface area contributed by atoms with Crippen molar-refractivity contribution in [3.05, 3.63) is 45.6 Å². The highest BCUT2D eigenvalue weighted by molar-refractivity contribution is 5.97. The van der Waals surface area contributed by atoms with E-state index < -0.39 is 11.5 Å². The van der Waals surface area contributed by atoms with E-state index in [0.29, 0.717) is 5.56 Å². The normalized spacial score (nSPS) is 12.4. The quantitative estimate of drug-likeness (QED) is 0.557. The molecule has 0 radical (unpaired) electrons. The number of benzene rings is 2. The maximum absolute atomic E-state index is 13.2. The average Bonchev–Trinajstić information content (AvgIpc) is 2.51. The second-order valence-electron chi connectivity index (χ2n) is 7.03. The molecule has 0 saturated heterocycles. The monoisotopic (exact) mass is 384 g/mol. The first kappa shape index (κ1) is 19.6. The van der Waals surface area contributed by atoms with Crippen LogP contribution in [-0.4, -0.2) is 33.0 Å². The third-order valence-electron chi connectivity index (χ3n) is 4.36. The van der Waals surface area contributed by atoms with Crippen molar-refractivity contribution < 1.29 is 29.3 Å².